The van der Waals surface area contributed by atoms with Crippen LogP contribution in [-0.2, 0) is 5.41 Å². The summed E-state index contributed by atoms with van der Waals surface area (Å²) in [6.45, 7) is 15.0. The zero-order chi connectivity index (χ0) is 13.6. The molecule has 0 aliphatic rings. The number of hydrogen-bond acceptors (Lipinski definition) is 2. The fourth-order valence-electron chi connectivity index (χ4n) is 1.59. The minimum atomic E-state index is 0.153. The molecular formula is C16H25NO. The number of likely N-dealkylation sites (N-methyl/N-ethyl adjacent to an activating group) is 1. The topological polar surface area (TPSA) is 21.3 Å². The van der Waals surface area contributed by atoms with E-state index in [0.717, 1.165) is 24.4 Å². The number of rotatable bonds is 6. The molecule has 0 spiro atoms. The Morgan fingerprint density at radius 2 is 2.06 bits per heavy atom. The number of nitrogens with one attached hydrogen (secondary N) is 1. The van der Waals surface area contributed by atoms with Gasteiger partial charge in [0.05, 0.1) is 0 Å². The first-order chi connectivity index (χ1) is 8.43. The van der Waals surface area contributed by atoms with Crippen molar-refractivity contribution < 1.29 is 4.74 Å². The summed E-state index contributed by atoms with van der Waals surface area (Å²) in [6.07, 6.45) is 0. The van der Waals surface area contributed by atoms with Gasteiger partial charge in [-0.2, -0.15) is 0 Å². The van der Waals surface area contributed by atoms with Gasteiger partial charge >= 0.3 is 0 Å². The van der Waals surface area contributed by atoms with Crippen molar-refractivity contribution >= 4 is 0 Å². The average molecular weight is 247 g/mol. The van der Waals surface area contributed by atoms with E-state index in [1.807, 2.05) is 12.1 Å². The van der Waals surface area contributed by atoms with Crippen LogP contribution in [0.4, 0.5) is 0 Å². The Labute approximate surface area is 111 Å². The predicted octanol–water partition coefficient (Wildman–Crippen LogP) is 3.53. The molecule has 0 heterocycles. The minimum absolute atomic E-state index is 0.153. The normalized spacial score (nSPS) is 11.3. The molecule has 2 nitrogen and oxygen atoms in total. The third kappa shape index (κ3) is 4.92. The van der Waals surface area contributed by atoms with Crippen molar-refractivity contribution in [2.24, 2.45) is 0 Å². The molecule has 0 fully saturated rings. The molecule has 0 bridgehead atoms. The Hall–Kier alpha value is -1.28. The molecule has 2 heteroatoms. The van der Waals surface area contributed by atoms with Crippen LogP contribution in [0.2, 0.25) is 0 Å². The van der Waals surface area contributed by atoms with Crippen LogP contribution in [0.3, 0.4) is 0 Å². The van der Waals surface area contributed by atoms with Crippen LogP contribution >= 0.6 is 0 Å². The van der Waals surface area contributed by atoms with Gasteiger partial charge in [-0.3, -0.25) is 0 Å². The molecule has 1 aromatic carbocycles. The fraction of sp³-hybridized carbons (Fsp3) is 0.500. The lowest BCUT2D eigenvalue weighted by Crippen LogP contribution is -2.19. The van der Waals surface area contributed by atoms with Gasteiger partial charge in [0.15, 0.2) is 0 Å². The van der Waals surface area contributed by atoms with Gasteiger partial charge in [-0.15, -0.1) is 0 Å². The van der Waals surface area contributed by atoms with Crippen molar-refractivity contribution in [3.05, 3.63) is 42.0 Å². The molecule has 0 aliphatic heterocycles. The smallest absolute Gasteiger partial charge is 0.120 e. The van der Waals surface area contributed by atoms with E-state index in [2.05, 4.69) is 51.7 Å². The van der Waals surface area contributed by atoms with E-state index >= 15 is 0 Å². The zero-order valence-corrected chi connectivity index (χ0v) is 12.0. The minimum Gasteiger partial charge on any atom is -0.489 e. The SMILES string of the molecule is C=C(CNCC)COc1cccc(C(C)(C)C)c1. The second kappa shape index (κ2) is 6.60. The summed E-state index contributed by atoms with van der Waals surface area (Å²) < 4.78 is 5.76. The van der Waals surface area contributed by atoms with Crippen LogP contribution in [0.5, 0.6) is 5.75 Å². The van der Waals surface area contributed by atoms with E-state index < -0.39 is 0 Å². The highest BCUT2D eigenvalue weighted by molar-refractivity contribution is 5.32. The van der Waals surface area contributed by atoms with Crippen molar-refractivity contribution in [2.45, 2.75) is 33.1 Å². The van der Waals surface area contributed by atoms with Crippen molar-refractivity contribution in [3.8, 4) is 5.75 Å². The monoisotopic (exact) mass is 247 g/mol. The van der Waals surface area contributed by atoms with Crippen molar-refractivity contribution in [1.29, 1.82) is 0 Å². The Morgan fingerprint density at radius 1 is 1.33 bits per heavy atom. The van der Waals surface area contributed by atoms with Gasteiger partial charge in [-0.05, 0) is 35.2 Å². The van der Waals surface area contributed by atoms with E-state index in [1.165, 1.54) is 5.56 Å². The van der Waals surface area contributed by atoms with Gasteiger partial charge in [-0.25, -0.2) is 0 Å². The number of ether oxygens (including phenoxy) is 1. The van der Waals surface area contributed by atoms with E-state index in [-0.39, 0.29) is 5.41 Å². The van der Waals surface area contributed by atoms with Gasteiger partial charge in [0.1, 0.15) is 12.4 Å². The van der Waals surface area contributed by atoms with Gasteiger partial charge in [0.2, 0.25) is 0 Å². The summed E-state index contributed by atoms with van der Waals surface area (Å²) in [5, 5.41) is 3.24. The lowest BCUT2D eigenvalue weighted by Gasteiger charge is -2.20. The molecule has 0 radical (unpaired) electrons. The van der Waals surface area contributed by atoms with Crippen molar-refractivity contribution in [3.63, 3.8) is 0 Å². The molecular weight excluding hydrogens is 222 g/mol. The Balaban J connectivity index is 2.55. The Bertz CT molecular complexity index is 390. The van der Waals surface area contributed by atoms with Crippen LogP contribution in [-0.4, -0.2) is 19.7 Å². The van der Waals surface area contributed by atoms with Gasteiger partial charge < -0.3 is 10.1 Å². The molecule has 0 unspecified atom stereocenters. The number of benzene rings is 1. The molecule has 18 heavy (non-hydrogen) atoms. The highest BCUT2D eigenvalue weighted by atomic mass is 16.5. The molecule has 0 atom stereocenters. The van der Waals surface area contributed by atoms with E-state index in [1.54, 1.807) is 0 Å². The molecule has 1 N–H and O–H groups in total. The molecule has 100 valence electrons. The lowest BCUT2D eigenvalue weighted by atomic mass is 9.87. The second-order valence-corrected chi connectivity index (χ2v) is 5.60. The lowest BCUT2D eigenvalue weighted by molar-refractivity contribution is 0.347. The van der Waals surface area contributed by atoms with Crippen LogP contribution in [0.1, 0.15) is 33.3 Å². The standard InChI is InChI=1S/C16H25NO/c1-6-17-11-13(2)12-18-15-9-7-8-14(10-15)16(3,4)5/h7-10,17H,2,6,11-12H2,1,3-5H3. The summed E-state index contributed by atoms with van der Waals surface area (Å²) in [5.74, 6) is 0.917. The largest absolute Gasteiger partial charge is 0.489 e. The third-order valence-corrected chi connectivity index (χ3v) is 2.77. The van der Waals surface area contributed by atoms with Crippen molar-refractivity contribution in [2.75, 3.05) is 19.7 Å². The zero-order valence-electron chi connectivity index (χ0n) is 12.0. The molecule has 0 saturated heterocycles. The molecule has 0 saturated carbocycles. The average Bonchev–Trinajstić information content (AvgIpc) is 2.33. The first-order valence-corrected chi connectivity index (χ1v) is 6.54. The molecule has 0 aliphatic carbocycles. The van der Waals surface area contributed by atoms with Crippen LogP contribution < -0.4 is 10.1 Å². The van der Waals surface area contributed by atoms with Crippen LogP contribution in [0.25, 0.3) is 0 Å². The van der Waals surface area contributed by atoms with Crippen LogP contribution in [0.15, 0.2) is 36.4 Å². The van der Waals surface area contributed by atoms with Gasteiger partial charge in [0.25, 0.3) is 0 Å². The molecule has 1 rings (SSSR count). The quantitative estimate of drug-likeness (QED) is 0.776. The first kappa shape index (κ1) is 14.8. The summed E-state index contributed by atoms with van der Waals surface area (Å²) in [5.41, 5.74) is 2.51. The predicted molar refractivity (Wildman–Crippen MR) is 78.3 cm³/mol. The maximum atomic E-state index is 5.76. The van der Waals surface area contributed by atoms with Crippen molar-refractivity contribution in [1.82, 2.24) is 5.32 Å². The summed E-state index contributed by atoms with van der Waals surface area (Å²) >= 11 is 0. The highest BCUT2D eigenvalue weighted by Crippen LogP contribution is 2.25. The van der Waals surface area contributed by atoms with Gasteiger partial charge in [0, 0.05) is 6.54 Å². The van der Waals surface area contributed by atoms with E-state index in [4.69, 9.17) is 4.74 Å². The first-order valence-electron chi connectivity index (χ1n) is 6.54. The number of hydrogen-bond donors (Lipinski definition) is 1. The Kier molecular flexibility index (Phi) is 5.42. The fourth-order valence-corrected chi connectivity index (χ4v) is 1.59. The maximum Gasteiger partial charge on any atom is 0.120 e. The Morgan fingerprint density at radius 3 is 2.67 bits per heavy atom. The third-order valence-electron chi connectivity index (χ3n) is 2.77. The summed E-state index contributed by atoms with van der Waals surface area (Å²) in [6, 6.07) is 8.29. The maximum absolute atomic E-state index is 5.76. The van der Waals surface area contributed by atoms with E-state index in [0.29, 0.717) is 6.61 Å². The molecule has 0 amide bonds. The highest BCUT2D eigenvalue weighted by Gasteiger charge is 2.13. The second-order valence-electron chi connectivity index (χ2n) is 5.60. The van der Waals surface area contributed by atoms with E-state index in [9.17, 15) is 0 Å². The summed E-state index contributed by atoms with van der Waals surface area (Å²) in [7, 11) is 0. The summed E-state index contributed by atoms with van der Waals surface area (Å²) in [4.78, 5) is 0. The van der Waals surface area contributed by atoms with Gasteiger partial charge in [-0.1, -0.05) is 46.4 Å². The molecule has 0 aromatic heterocycles. The molecule has 1 aromatic rings. The van der Waals surface area contributed by atoms with Crippen LogP contribution in [0, 0.1) is 0 Å².